The quantitative estimate of drug-likeness (QED) is 0.817. The van der Waals surface area contributed by atoms with Crippen molar-refractivity contribution in [3.63, 3.8) is 0 Å². The van der Waals surface area contributed by atoms with Crippen molar-refractivity contribution < 1.29 is 9.59 Å². The molecule has 0 spiro atoms. The minimum absolute atomic E-state index is 0.0533. The Hall–Kier alpha value is -2.02. The van der Waals surface area contributed by atoms with Crippen LogP contribution in [0.5, 0.6) is 0 Å². The number of aromatic nitrogens is 2. The van der Waals surface area contributed by atoms with Gasteiger partial charge in [-0.1, -0.05) is 6.42 Å². The van der Waals surface area contributed by atoms with Crippen molar-refractivity contribution in [1.82, 2.24) is 24.7 Å². The van der Waals surface area contributed by atoms with Gasteiger partial charge in [0.25, 0.3) is 5.91 Å². The molecule has 0 aromatic carbocycles. The van der Waals surface area contributed by atoms with E-state index in [1.54, 1.807) is 20.3 Å². The second-order valence-corrected chi connectivity index (χ2v) is 7.50. The number of hydrogen-bond donors (Lipinski definition) is 0. The summed E-state index contributed by atoms with van der Waals surface area (Å²) >= 11 is 0. The normalized spacial score (nSPS) is 21.0. The lowest BCUT2D eigenvalue weighted by atomic mass is 10.0. The number of rotatable bonds is 4. The maximum absolute atomic E-state index is 12.6. The van der Waals surface area contributed by atoms with E-state index in [4.69, 9.17) is 0 Å². The van der Waals surface area contributed by atoms with Crippen molar-refractivity contribution in [3.05, 3.63) is 23.3 Å². The molecule has 2 amide bonds. The Bertz CT molecular complexity index is 670. The number of nitrogens with zero attached hydrogens (tertiary/aromatic N) is 5. The van der Waals surface area contributed by atoms with E-state index in [-0.39, 0.29) is 17.9 Å². The van der Waals surface area contributed by atoms with Gasteiger partial charge < -0.3 is 9.80 Å². The number of piperidine rings is 1. The van der Waals surface area contributed by atoms with Gasteiger partial charge in [-0.3, -0.25) is 14.5 Å². The van der Waals surface area contributed by atoms with Crippen LogP contribution in [0.1, 0.15) is 60.0 Å². The fraction of sp³-hybridized carbons (Fsp3) is 0.684. The van der Waals surface area contributed by atoms with Crippen LogP contribution in [0.4, 0.5) is 0 Å². The smallest absolute Gasteiger partial charge is 0.256 e. The highest BCUT2D eigenvalue weighted by Gasteiger charge is 2.30. The number of hydrogen-bond acceptors (Lipinski definition) is 5. The molecule has 0 saturated carbocycles. The summed E-state index contributed by atoms with van der Waals surface area (Å²) in [6.45, 7) is 4.95. The van der Waals surface area contributed by atoms with Gasteiger partial charge in [-0.15, -0.1) is 0 Å². The van der Waals surface area contributed by atoms with E-state index in [1.165, 1.54) is 4.90 Å². The average molecular weight is 359 g/mol. The summed E-state index contributed by atoms with van der Waals surface area (Å²) in [6, 6.07) is 0.0533. The summed E-state index contributed by atoms with van der Waals surface area (Å²) in [7, 11) is 3.45. The van der Waals surface area contributed by atoms with Crippen molar-refractivity contribution in [2.24, 2.45) is 0 Å². The van der Waals surface area contributed by atoms with E-state index in [9.17, 15) is 9.59 Å². The predicted octanol–water partition coefficient (Wildman–Crippen LogP) is 1.64. The first-order chi connectivity index (χ1) is 12.5. The standard InChI is InChI=1S/C19H29N5O2/c1-14-15(19(26)22(2)3)12-20-18(21-14)16-8-4-5-11-24(16)13-17(25)23-9-6-7-10-23/h12,16H,4-11,13H2,1-3H3. The molecule has 1 aromatic heterocycles. The monoisotopic (exact) mass is 359 g/mol. The van der Waals surface area contributed by atoms with Crippen LogP contribution in [-0.2, 0) is 4.79 Å². The molecule has 2 aliphatic rings. The molecule has 26 heavy (non-hydrogen) atoms. The number of likely N-dealkylation sites (tertiary alicyclic amines) is 2. The van der Waals surface area contributed by atoms with Gasteiger partial charge in [0.05, 0.1) is 23.8 Å². The summed E-state index contributed by atoms with van der Waals surface area (Å²) in [5, 5.41) is 0. The molecule has 1 atom stereocenters. The third kappa shape index (κ3) is 4.03. The first kappa shape index (κ1) is 18.8. The van der Waals surface area contributed by atoms with Crippen LogP contribution in [0, 0.1) is 6.92 Å². The zero-order valence-electron chi connectivity index (χ0n) is 16.1. The lowest BCUT2D eigenvalue weighted by molar-refractivity contribution is -0.132. The molecule has 1 aromatic rings. The number of amides is 2. The Morgan fingerprint density at radius 3 is 2.50 bits per heavy atom. The van der Waals surface area contributed by atoms with Crippen LogP contribution >= 0.6 is 0 Å². The summed E-state index contributed by atoms with van der Waals surface area (Å²) in [5.74, 6) is 0.857. The SMILES string of the molecule is Cc1nc(C2CCCCN2CC(=O)N2CCCC2)ncc1C(=O)N(C)C. The average Bonchev–Trinajstić information content (AvgIpc) is 3.16. The molecule has 2 saturated heterocycles. The van der Waals surface area contributed by atoms with E-state index < -0.39 is 0 Å². The molecule has 3 rings (SSSR count). The molecule has 0 bridgehead atoms. The van der Waals surface area contributed by atoms with Crippen molar-refractivity contribution in [1.29, 1.82) is 0 Å². The third-order valence-electron chi connectivity index (χ3n) is 5.34. The largest absolute Gasteiger partial charge is 0.345 e. The minimum Gasteiger partial charge on any atom is -0.345 e. The molecule has 3 heterocycles. The highest BCUT2D eigenvalue weighted by molar-refractivity contribution is 5.94. The van der Waals surface area contributed by atoms with E-state index in [2.05, 4.69) is 14.9 Å². The van der Waals surface area contributed by atoms with Gasteiger partial charge in [0.15, 0.2) is 0 Å². The summed E-state index contributed by atoms with van der Waals surface area (Å²) in [5.41, 5.74) is 1.24. The molecular weight excluding hydrogens is 330 g/mol. The van der Waals surface area contributed by atoms with Crippen LogP contribution in [-0.4, -0.2) is 76.8 Å². The Kier molecular flexibility index (Phi) is 5.86. The lowest BCUT2D eigenvalue weighted by Crippen LogP contribution is -2.43. The summed E-state index contributed by atoms with van der Waals surface area (Å²) in [4.78, 5) is 39.6. The first-order valence-corrected chi connectivity index (χ1v) is 9.54. The predicted molar refractivity (Wildman–Crippen MR) is 98.8 cm³/mol. The summed E-state index contributed by atoms with van der Waals surface area (Å²) in [6.07, 6.45) is 7.01. The molecule has 2 fully saturated rings. The van der Waals surface area contributed by atoms with E-state index in [0.717, 1.165) is 57.6 Å². The van der Waals surface area contributed by atoms with E-state index >= 15 is 0 Å². The second-order valence-electron chi connectivity index (χ2n) is 7.50. The Morgan fingerprint density at radius 2 is 1.85 bits per heavy atom. The molecule has 142 valence electrons. The first-order valence-electron chi connectivity index (χ1n) is 9.54. The molecule has 0 aliphatic carbocycles. The zero-order chi connectivity index (χ0) is 18.7. The van der Waals surface area contributed by atoms with Gasteiger partial charge in [0.1, 0.15) is 5.82 Å². The number of carbonyl (C=O) groups excluding carboxylic acids is 2. The molecule has 2 aliphatic heterocycles. The van der Waals surface area contributed by atoms with Crippen LogP contribution in [0.15, 0.2) is 6.20 Å². The van der Waals surface area contributed by atoms with Crippen molar-refractivity contribution in [2.75, 3.05) is 40.3 Å². The molecule has 7 nitrogen and oxygen atoms in total. The van der Waals surface area contributed by atoms with E-state index in [1.807, 2.05) is 11.8 Å². The Labute approximate surface area is 155 Å². The van der Waals surface area contributed by atoms with Crippen LogP contribution in [0.2, 0.25) is 0 Å². The Morgan fingerprint density at radius 1 is 1.15 bits per heavy atom. The highest BCUT2D eigenvalue weighted by atomic mass is 16.2. The van der Waals surface area contributed by atoms with Crippen molar-refractivity contribution in [2.45, 2.75) is 45.1 Å². The van der Waals surface area contributed by atoms with Crippen LogP contribution in [0.3, 0.4) is 0 Å². The van der Waals surface area contributed by atoms with Gasteiger partial charge >= 0.3 is 0 Å². The van der Waals surface area contributed by atoms with Gasteiger partial charge in [0.2, 0.25) is 5.91 Å². The molecule has 0 radical (unpaired) electrons. The fourth-order valence-corrected chi connectivity index (χ4v) is 3.81. The van der Waals surface area contributed by atoms with Gasteiger partial charge in [0, 0.05) is 33.4 Å². The minimum atomic E-state index is -0.0845. The van der Waals surface area contributed by atoms with Crippen molar-refractivity contribution in [3.8, 4) is 0 Å². The van der Waals surface area contributed by atoms with Gasteiger partial charge in [-0.2, -0.15) is 0 Å². The third-order valence-corrected chi connectivity index (χ3v) is 5.34. The topological polar surface area (TPSA) is 69.6 Å². The van der Waals surface area contributed by atoms with Crippen LogP contribution < -0.4 is 0 Å². The van der Waals surface area contributed by atoms with E-state index in [0.29, 0.717) is 17.8 Å². The van der Waals surface area contributed by atoms with Crippen molar-refractivity contribution >= 4 is 11.8 Å². The maximum Gasteiger partial charge on any atom is 0.256 e. The molecule has 1 unspecified atom stereocenters. The molecule has 7 heteroatoms. The number of aryl methyl sites for hydroxylation is 1. The maximum atomic E-state index is 12.6. The number of carbonyl (C=O) groups is 2. The Balaban J connectivity index is 1.75. The fourth-order valence-electron chi connectivity index (χ4n) is 3.81. The van der Waals surface area contributed by atoms with Crippen LogP contribution in [0.25, 0.3) is 0 Å². The van der Waals surface area contributed by atoms with Gasteiger partial charge in [-0.25, -0.2) is 9.97 Å². The molecular formula is C19H29N5O2. The van der Waals surface area contributed by atoms with Gasteiger partial charge in [-0.05, 0) is 39.2 Å². The lowest BCUT2D eigenvalue weighted by Gasteiger charge is -2.35. The highest BCUT2D eigenvalue weighted by Crippen LogP contribution is 2.29. The molecule has 0 N–H and O–H groups in total. The second kappa shape index (κ2) is 8.12. The zero-order valence-corrected chi connectivity index (χ0v) is 16.1. The summed E-state index contributed by atoms with van der Waals surface area (Å²) < 4.78 is 0.